The summed E-state index contributed by atoms with van der Waals surface area (Å²) in [6.45, 7) is 4.96. The van der Waals surface area contributed by atoms with Gasteiger partial charge in [0.1, 0.15) is 12.4 Å². The molecule has 0 saturated heterocycles. The minimum absolute atomic E-state index is 0.146. The molecule has 0 amide bonds. The molecule has 210 valence electrons. The minimum atomic E-state index is -0.904. The number of fused-ring (bicyclic) bond motifs is 6. The Bertz CT molecular complexity index is 1450. The highest BCUT2D eigenvalue weighted by Gasteiger charge is 2.57. The Morgan fingerprint density at radius 3 is 2.55 bits per heavy atom. The molecule has 0 bridgehead atoms. The van der Waals surface area contributed by atoms with Gasteiger partial charge in [-0.25, -0.2) is 4.98 Å². The van der Waals surface area contributed by atoms with Gasteiger partial charge in [0.15, 0.2) is 0 Å². The fourth-order valence-corrected chi connectivity index (χ4v) is 9.40. The second-order valence-corrected chi connectivity index (χ2v) is 13.4. The number of hydrogen-bond acceptors (Lipinski definition) is 4. The van der Waals surface area contributed by atoms with Crippen LogP contribution in [0.15, 0.2) is 60.5 Å². The fourth-order valence-electron chi connectivity index (χ4n) is 9.40. The molecule has 1 N–H and O–H groups in total. The van der Waals surface area contributed by atoms with Crippen LogP contribution in [0.4, 0.5) is 0 Å². The predicted molar refractivity (Wildman–Crippen MR) is 154 cm³/mol. The molecule has 1 aromatic carbocycles. The molecule has 6 heteroatoms. The Balaban J connectivity index is 1.08. The number of allylic oxidation sites excluding steroid dienone is 5. The average molecular weight is 541 g/mol. The van der Waals surface area contributed by atoms with E-state index in [1.807, 2.05) is 18.5 Å². The number of nitrogens with zero attached hydrogens (tertiary/aromatic N) is 2. The van der Waals surface area contributed by atoms with E-state index < -0.39 is 17.8 Å². The molecular formula is C34H40N2O4. The SMILES string of the molecule is C[C@]12CC[C@H](OC(=O)C3CC=CCC3C(=O)O)CC1=CC[C@@H]1[C@@H]2CC[C@]2(C)C(n3cnc4ccccc43)=CC[C@@H]12. The third-order valence-corrected chi connectivity index (χ3v) is 11.6. The Hall–Kier alpha value is -3.15. The van der Waals surface area contributed by atoms with Gasteiger partial charge in [0.25, 0.3) is 0 Å². The van der Waals surface area contributed by atoms with Crippen LogP contribution in [0.2, 0.25) is 0 Å². The fraction of sp³-hybridized carbons (Fsp3) is 0.559. The van der Waals surface area contributed by atoms with Crippen molar-refractivity contribution in [2.45, 2.75) is 77.7 Å². The van der Waals surface area contributed by atoms with Gasteiger partial charge in [0, 0.05) is 17.5 Å². The Labute approximate surface area is 236 Å². The van der Waals surface area contributed by atoms with Crippen molar-refractivity contribution in [2.75, 3.05) is 0 Å². The summed E-state index contributed by atoms with van der Waals surface area (Å²) in [5.41, 5.74) is 5.44. The van der Waals surface area contributed by atoms with E-state index in [4.69, 9.17) is 9.72 Å². The summed E-state index contributed by atoms with van der Waals surface area (Å²) in [6, 6.07) is 8.43. The quantitative estimate of drug-likeness (QED) is 0.333. The van der Waals surface area contributed by atoms with Gasteiger partial charge in [0.2, 0.25) is 0 Å². The zero-order valence-electron chi connectivity index (χ0n) is 23.6. The molecule has 6 nitrogen and oxygen atoms in total. The zero-order valence-corrected chi connectivity index (χ0v) is 23.6. The molecule has 5 aliphatic rings. The van der Waals surface area contributed by atoms with Crippen molar-refractivity contribution >= 4 is 28.7 Å². The highest BCUT2D eigenvalue weighted by atomic mass is 16.5. The van der Waals surface area contributed by atoms with Crippen LogP contribution < -0.4 is 0 Å². The van der Waals surface area contributed by atoms with E-state index in [2.05, 4.69) is 54.8 Å². The number of aliphatic carboxylic acids is 1. The van der Waals surface area contributed by atoms with Gasteiger partial charge in [-0.2, -0.15) is 0 Å². The number of imidazole rings is 1. The molecule has 1 aromatic heterocycles. The van der Waals surface area contributed by atoms with Crippen LogP contribution in [0.5, 0.6) is 0 Å². The molecule has 5 aliphatic carbocycles. The molecule has 7 rings (SSSR count). The van der Waals surface area contributed by atoms with Crippen LogP contribution in [0, 0.1) is 40.4 Å². The summed E-state index contributed by atoms with van der Waals surface area (Å²) < 4.78 is 8.37. The van der Waals surface area contributed by atoms with Crippen LogP contribution in [0.1, 0.15) is 71.6 Å². The Morgan fingerprint density at radius 2 is 1.73 bits per heavy atom. The van der Waals surface area contributed by atoms with E-state index in [1.165, 1.54) is 29.6 Å². The Kier molecular flexibility index (Phi) is 6.10. The maximum atomic E-state index is 13.1. The van der Waals surface area contributed by atoms with Crippen molar-refractivity contribution in [1.82, 2.24) is 9.55 Å². The van der Waals surface area contributed by atoms with Gasteiger partial charge >= 0.3 is 11.9 Å². The van der Waals surface area contributed by atoms with Crippen molar-refractivity contribution in [3.8, 4) is 0 Å². The maximum Gasteiger partial charge on any atom is 0.310 e. The van der Waals surface area contributed by atoms with Crippen molar-refractivity contribution in [3.63, 3.8) is 0 Å². The predicted octanol–water partition coefficient (Wildman–Crippen LogP) is 7.03. The molecule has 1 heterocycles. The summed E-state index contributed by atoms with van der Waals surface area (Å²) in [5.74, 6) is -0.561. The molecule has 0 spiro atoms. The van der Waals surface area contributed by atoms with E-state index >= 15 is 0 Å². The average Bonchev–Trinajstić information content (AvgIpc) is 3.53. The minimum Gasteiger partial charge on any atom is -0.481 e. The second-order valence-electron chi connectivity index (χ2n) is 13.4. The van der Waals surface area contributed by atoms with Gasteiger partial charge in [-0.3, -0.25) is 9.59 Å². The molecule has 2 fully saturated rings. The first-order valence-electron chi connectivity index (χ1n) is 15.2. The molecule has 0 radical (unpaired) electrons. The van der Waals surface area contributed by atoms with Crippen molar-refractivity contribution in [1.29, 1.82) is 0 Å². The molecule has 2 unspecified atom stereocenters. The van der Waals surface area contributed by atoms with E-state index in [-0.39, 0.29) is 22.9 Å². The van der Waals surface area contributed by atoms with Crippen molar-refractivity contribution < 1.29 is 19.4 Å². The van der Waals surface area contributed by atoms with E-state index in [0.29, 0.717) is 30.6 Å². The standard InChI is InChI=1S/C34H40N2O4/c1-33-17-15-22(40-32(39)24-8-4-3-7-23(24)31(37)38)19-21(33)11-12-25-26-13-14-30(34(26,2)18-16-27(25)33)36-20-35-28-9-5-6-10-29(28)36/h3-6,9-11,14,20,22-27H,7-8,12-13,15-19H2,1-2H3,(H,37,38)/t22-,23?,24?,25-,26-,27-,33-,34-/m0/s1. The maximum absolute atomic E-state index is 13.1. The number of carbonyl (C=O) groups is 2. The topological polar surface area (TPSA) is 81.4 Å². The molecular weight excluding hydrogens is 500 g/mol. The van der Waals surface area contributed by atoms with Crippen LogP contribution >= 0.6 is 0 Å². The lowest BCUT2D eigenvalue weighted by Gasteiger charge is -2.57. The summed E-state index contributed by atoms with van der Waals surface area (Å²) in [7, 11) is 0. The van der Waals surface area contributed by atoms with Crippen LogP contribution in [0.3, 0.4) is 0 Å². The number of benzene rings is 1. The largest absolute Gasteiger partial charge is 0.481 e. The highest BCUT2D eigenvalue weighted by Crippen LogP contribution is 2.65. The van der Waals surface area contributed by atoms with E-state index in [0.717, 1.165) is 37.6 Å². The third-order valence-electron chi connectivity index (χ3n) is 11.6. The second kappa shape index (κ2) is 9.46. The molecule has 2 aromatic rings. The molecule has 0 aliphatic heterocycles. The van der Waals surface area contributed by atoms with Gasteiger partial charge in [-0.05, 0) is 86.7 Å². The molecule has 40 heavy (non-hydrogen) atoms. The Morgan fingerprint density at radius 1 is 0.950 bits per heavy atom. The number of ether oxygens (including phenoxy) is 1. The van der Waals surface area contributed by atoms with Crippen molar-refractivity contribution in [2.24, 2.45) is 40.4 Å². The monoisotopic (exact) mass is 540 g/mol. The summed E-state index contributed by atoms with van der Waals surface area (Å²) in [4.78, 5) is 29.5. The van der Waals surface area contributed by atoms with Gasteiger partial charge < -0.3 is 14.4 Å². The number of aromatic nitrogens is 2. The van der Waals surface area contributed by atoms with Gasteiger partial charge in [-0.1, -0.05) is 55.9 Å². The molecule has 8 atom stereocenters. The zero-order chi connectivity index (χ0) is 27.6. The van der Waals surface area contributed by atoms with Crippen molar-refractivity contribution in [3.05, 3.63) is 60.5 Å². The number of carboxylic acid groups (broad SMARTS) is 1. The number of carbonyl (C=O) groups excluding carboxylic acids is 1. The first kappa shape index (κ1) is 25.8. The van der Waals surface area contributed by atoms with E-state index in [9.17, 15) is 14.7 Å². The normalized spacial score (nSPS) is 38.5. The number of rotatable bonds is 4. The highest BCUT2D eigenvalue weighted by molar-refractivity contribution is 5.82. The summed E-state index contributed by atoms with van der Waals surface area (Å²) in [5, 5.41) is 9.60. The lowest BCUT2D eigenvalue weighted by atomic mass is 9.47. The first-order valence-corrected chi connectivity index (χ1v) is 15.2. The van der Waals surface area contributed by atoms with Gasteiger partial charge in [-0.15, -0.1) is 0 Å². The van der Waals surface area contributed by atoms with Crippen LogP contribution in [-0.2, 0) is 14.3 Å². The first-order chi connectivity index (χ1) is 19.3. The van der Waals surface area contributed by atoms with Gasteiger partial charge in [0.05, 0.1) is 22.9 Å². The van der Waals surface area contributed by atoms with E-state index in [1.54, 1.807) is 0 Å². The van der Waals surface area contributed by atoms with Crippen LogP contribution in [0.25, 0.3) is 16.7 Å². The van der Waals surface area contributed by atoms with Crippen LogP contribution in [-0.4, -0.2) is 32.7 Å². The number of para-hydroxylation sites is 2. The summed E-state index contributed by atoms with van der Waals surface area (Å²) >= 11 is 0. The summed E-state index contributed by atoms with van der Waals surface area (Å²) in [6.07, 6.45) is 18.8. The lowest BCUT2D eigenvalue weighted by molar-refractivity contribution is -0.163. The number of hydrogen-bond donors (Lipinski definition) is 1. The smallest absolute Gasteiger partial charge is 0.310 e. The number of carboxylic acids is 1. The number of esters is 1. The lowest BCUT2D eigenvalue weighted by Crippen LogP contribution is -2.50. The third kappa shape index (κ3) is 3.85. The molecule has 2 saturated carbocycles.